The van der Waals surface area contributed by atoms with Crippen LogP contribution in [0, 0.1) is 5.82 Å². The molecule has 5 nitrogen and oxygen atoms in total. The van der Waals surface area contributed by atoms with Crippen LogP contribution in [0.1, 0.15) is 36.6 Å². The minimum absolute atomic E-state index is 0.0899. The summed E-state index contributed by atoms with van der Waals surface area (Å²) < 4.78 is 13.7. The fourth-order valence-corrected chi connectivity index (χ4v) is 3.64. The van der Waals surface area contributed by atoms with E-state index in [0.29, 0.717) is 23.2 Å². The lowest BCUT2D eigenvalue weighted by molar-refractivity contribution is -0.117. The SMILES string of the molecule is CCCC1CC(C(=O)Nc2ncc(Cc3ccccc3F)s2)NN1. The summed E-state index contributed by atoms with van der Waals surface area (Å²) in [6, 6.07) is 6.78. The lowest BCUT2D eigenvalue weighted by Crippen LogP contribution is -2.40. The summed E-state index contributed by atoms with van der Waals surface area (Å²) >= 11 is 1.38. The van der Waals surface area contributed by atoms with E-state index in [9.17, 15) is 9.18 Å². The molecule has 1 aromatic carbocycles. The van der Waals surface area contributed by atoms with Gasteiger partial charge in [-0.05, 0) is 24.5 Å². The fraction of sp³-hybridized carbons (Fsp3) is 0.412. The minimum atomic E-state index is -0.250. The van der Waals surface area contributed by atoms with Gasteiger partial charge in [0.2, 0.25) is 5.91 Å². The molecule has 0 aliphatic carbocycles. The van der Waals surface area contributed by atoms with E-state index >= 15 is 0 Å². The first-order chi connectivity index (χ1) is 11.7. The lowest BCUT2D eigenvalue weighted by atomic mass is 10.1. The van der Waals surface area contributed by atoms with Crippen LogP contribution in [0.25, 0.3) is 0 Å². The molecule has 128 valence electrons. The highest BCUT2D eigenvalue weighted by Crippen LogP contribution is 2.23. The van der Waals surface area contributed by atoms with Crippen molar-refractivity contribution in [2.24, 2.45) is 0 Å². The van der Waals surface area contributed by atoms with Crippen molar-refractivity contribution < 1.29 is 9.18 Å². The zero-order chi connectivity index (χ0) is 16.9. The van der Waals surface area contributed by atoms with Crippen molar-refractivity contribution in [1.29, 1.82) is 0 Å². The van der Waals surface area contributed by atoms with Crippen LogP contribution in [0.3, 0.4) is 0 Å². The van der Waals surface area contributed by atoms with Crippen LogP contribution in [-0.4, -0.2) is 23.0 Å². The van der Waals surface area contributed by atoms with E-state index in [2.05, 4.69) is 28.1 Å². The lowest BCUT2D eigenvalue weighted by Gasteiger charge is -2.08. The quantitative estimate of drug-likeness (QED) is 0.751. The molecule has 3 N–H and O–H groups in total. The smallest absolute Gasteiger partial charge is 0.244 e. The molecule has 2 aromatic rings. The van der Waals surface area contributed by atoms with Gasteiger partial charge >= 0.3 is 0 Å². The second-order valence-electron chi connectivity index (χ2n) is 5.95. The largest absolute Gasteiger partial charge is 0.301 e. The first-order valence-corrected chi connectivity index (χ1v) is 8.97. The van der Waals surface area contributed by atoms with Crippen LogP contribution in [0.5, 0.6) is 0 Å². The number of carbonyl (C=O) groups is 1. The number of amides is 1. The number of benzene rings is 1. The van der Waals surface area contributed by atoms with Gasteiger partial charge in [-0.2, -0.15) is 0 Å². The molecule has 7 heteroatoms. The number of rotatable bonds is 6. The monoisotopic (exact) mass is 348 g/mol. The summed E-state index contributed by atoms with van der Waals surface area (Å²) in [4.78, 5) is 17.4. The minimum Gasteiger partial charge on any atom is -0.301 e. The van der Waals surface area contributed by atoms with Gasteiger partial charge in [-0.1, -0.05) is 31.5 Å². The second kappa shape index (κ2) is 7.83. The number of halogens is 1. The molecular formula is C17H21FN4OS. The molecule has 0 spiro atoms. The number of thiazole rings is 1. The van der Waals surface area contributed by atoms with E-state index in [1.54, 1.807) is 18.3 Å². The van der Waals surface area contributed by atoms with Gasteiger partial charge in [-0.25, -0.2) is 14.8 Å². The number of aromatic nitrogens is 1. The van der Waals surface area contributed by atoms with E-state index in [-0.39, 0.29) is 17.8 Å². The number of anilines is 1. The van der Waals surface area contributed by atoms with Gasteiger partial charge < -0.3 is 5.32 Å². The number of hydrogen-bond donors (Lipinski definition) is 3. The third-order valence-electron chi connectivity index (χ3n) is 4.04. The second-order valence-corrected chi connectivity index (χ2v) is 7.07. The van der Waals surface area contributed by atoms with Gasteiger partial charge in [0, 0.05) is 23.5 Å². The first kappa shape index (κ1) is 17.0. The maximum Gasteiger partial charge on any atom is 0.244 e. The third-order valence-corrected chi connectivity index (χ3v) is 4.95. The number of hydrazine groups is 1. The Hall–Kier alpha value is -1.83. The van der Waals surface area contributed by atoms with Crippen LogP contribution in [0.2, 0.25) is 0 Å². The Morgan fingerprint density at radius 2 is 2.25 bits per heavy atom. The Morgan fingerprint density at radius 1 is 1.42 bits per heavy atom. The Balaban J connectivity index is 1.56. The van der Waals surface area contributed by atoms with E-state index < -0.39 is 0 Å². The highest BCUT2D eigenvalue weighted by Gasteiger charge is 2.29. The van der Waals surface area contributed by atoms with Crippen molar-refractivity contribution in [3.63, 3.8) is 0 Å². The molecule has 2 atom stereocenters. The summed E-state index contributed by atoms with van der Waals surface area (Å²) in [7, 11) is 0. The molecule has 1 aromatic heterocycles. The molecule has 1 aliphatic heterocycles. The van der Waals surface area contributed by atoms with Gasteiger partial charge in [-0.3, -0.25) is 10.2 Å². The van der Waals surface area contributed by atoms with Crippen LogP contribution in [0.15, 0.2) is 30.5 Å². The van der Waals surface area contributed by atoms with Crippen molar-refractivity contribution in [3.8, 4) is 0 Å². The molecule has 0 bridgehead atoms. The Kier molecular flexibility index (Phi) is 5.55. The van der Waals surface area contributed by atoms with Crippen LogP contribution in [-0.2, 0) is 11.2 Å². The van der Waals surface area contributed by atoms with E-state index in [1.165, 1.54) is 17.4 Å². The fourth-order valence-electron chi connectivity index (χ4n) is 2.80. The Labute approximate surface area is 144 Å². The van der Waals surface area contributed by atoms with E-state index in [0.717, 1.165) is 24.1 Å². The van der Waals surface area contributed by atoms with E-state index in [1.807, 2.05) is 6.07 Å². The molecule has 0 saturated carbocycles. The predicted molar refractivity (Wildman–Crippen MR) is 93.3 cm³/mol. The van der Waals surface area contributed by atoms with Crippen molar-refractivity contribution in [2.75, 3.05) is 5.32 Å². The molecule has 1 fully saturated rings. The molecule has 1 amide bonds. The molecule has 3 rings (SSSR count). The van der Waals surface area contributed by atoms with E-state index in [4.69, 9.17) is 0 Å². The number of carbonyl (C=O) groups excluding carboxylic acids is 1. The van der Waals surface area contributed by atoms with Crippen molar-refractivity contribution >= 4 is 22.4 Å². The first-order valence-electron chi connectivity index (χ1n) is 8.15. The highest BCUT2D eigenvalue weighted by atomic mass is 32.1. The maximum absolute atomic E-state index is 13.7. The molecule has 1 aliphatic rings. The van der Waals surface area contributed by atoms with Crippen LogP contribution >= 0.6 is 11.3 Å². The molecule has 0 radical (unpaired) electrons. The average molecular weight is 348 g/mol. The van der Waals surface area contributed by atoms with Gasteiger partial charge in [0.15, 0.2) is 5.13 Å². The maximum atomic E-state index is 13.7. The third kappa shape index (κ3) is 4.17. The standard InChI is InChI=1S/C17H21FN4OS/c1-2-5-12-9-15(22-21-12)16(23)20-17-19-10-13(24-17)8-11-6-3-4-7-14(11)18/h3-4,6-7,10,12,15,21-22H,2,5,8-9H2,1H3,(H,19,20,23). The summed E-state index contributed by atoms with van der Waals surface area (Å²) in [6.07, 6.45) is 5.06. The van der Waals surface area contributed by atoms with Gasteiger partial charge in [0.1, 0.15) is 11.9 Å². The zero-order valence-corrected chi connectivity index (χ0v) is 14.3. The number of nitrogens with zero attached hydrogens (tertiary/aromatic N) is 1. The number of nitrogens with one attached hydrogen (secondary N) is 3. The summed E-state index contributed by atoms with van der Waals surface area (Å²) in [5, 5.41) is 3.39. The normalized spacial score (nSPS) is 20.2. The molecule has 2 heterocycles. The number of hydrogen-bond acceptors (Lipinski definition) is 5. The van der Waals surface area contributed by atoms with Crippen molar-refractivity contribution in [1.82, 2.24) is 15.8 Å². The van der Waals surface area contributed by atoms with Gasteiger partial charge in [-0.15, -0.1) is 11.3 Å². The van der Waals surface area contributed by atoms with Crippen LogP contribution in [0.4, 0.5) is 9.52 Å². The Morgan fingerprint density at radius 3 is 3.04 bits per heavy atom. The summed E-state index contributed by atoms with van der Waals surface area (Å²) in [6.45, 7) is 2.13. The summed E-state index contributed by atoms with van der Waals surface area (Å²) in [5.74, 6) is -0.312. The predicted octanol–water partition coefficient (Wildman–Crippen LogP) is 2.85. The molecule has 2 unspecified atom stereocenters. The highest BCUT2D eigenvalue weighted by molar-refractivity contribution is 7.15. The van der Waals surface area contributed by atoms with Gasteiger partial charge in [0.05, 0.1) is 0 Å². The zero-order valence-electron chi connectivity index (χ0n) is 13.5. The van der Waals surface area contributed by atoms with Crippen LogP contribution < -0.4 is 16.2 Å². The average Bonchev–Trinajstić information content (AvgIpc) is 3.20. The van der Waals surface area contributed by atoms with Crippen molar-refractivity contribution in [3.05, 3.63) is 46.7 Å². The topological polar surface area (TPSA) is 66.0 Å². The molecule has 1 saturated heterocycles. The molecular weight excluding hydrogens is 327 g/mol. The Bertz CT molecular complexity index is 705. The van der Waals surface area contributed by atoms with Gasteiger partial charge in [0.25, 0.3) is 0 Å². The van der Waals surface area contributed by atoms with Crippen molar-refractivity contribution in [2.45, 2.75) is 44.7 Å². The summed E-state index contributed by atoms with van der Waals surface area (Å²) in [5.41, 5.74) is 6.81. The molecule has 24 heavy (non-hydrogen) atoms.